The number of amides is 4. The van der Waals surface area contributed by atoms with Crippen molar-refractivity contribution >= 4 is 29.6 Å². The maximum atomic E-state index is 12.2. The van der Waals surface area contributed by atoms with Crippen LogP contribution in [0.25, 0.3) is 0 Å². The molecule has 4 amide bonds. The van der Waals surface area contributed by atoms with E-state index in [2.05, 4.69) is 42.0 Å². The van der Waals surface area contributed by atoms with Crippen molar-refractivity contribution in [3.05, 3.63) is 35.4 Å². The van der Waals surface area contributed by atoms with Gasteiger partial charge in [0.2, 0.25) is 17.7 Å². The molecule has 0 saturated carbocycles. The van der Waals surface area contributed by atoms with Crippen molar-refractivity contribution < 1.29 is 29.1 Å². The number of nitrogens with one attached hydrogen (secondary N) is 4. The maximum Gasteiger partial charge on any atom is 0.305 e. The molecule has 0 heterocycles. The summed E-state index contributed by atoms with van der Waals surface area (Å²) in [5.74, 6) is -2.21. The molecule has 182 valence electrons. The Kier molecular flexibility index (Phi) is 11.6. The highest BCUT2D eigenvalue weighted by atomic mass is 16.4. The molecule has 1 rings (SSSR count). The number of carbonyl (C=O) groups excluding carboxylic acids is 4. The summed E-state index contributed by atoms with van der Waals surface area (Å²) < 4.78 is 0. The van der Waals surface area contributed by atoms with E-state index in [1.807, 2.05) is 12.1 Å². The van der Waals surface area contributed by atoms with Crippen LogP contribution in [0.2, 0.25) is 0 Å². The van der Waals surface area contributed by atoms with Crippen LogP contribution in [0.3, 0.4) is 0 Å². The third-order valence-corrected chi connectivity index (χ3v) is 4.66. The van der Waals surface area contributed by atoms with Crippen LogP contribution < -0.4 is 21.3 Å². The Morgan fingerprint density at radius 2 is 1.06 bits per heavy atom. The summed E-state index contributed by atoms with van der Waals surface area (Å²) in [5.41, 5.74) is 1.65. The first kappa shape index (κ1) is 27.6. The quantitative estimate of drug-likeness (QED) is 0.291. The van der Waals surface area contributed by atoms with E-state index in [9.17, 15) is 24.0 Å². The SMILES string of the molecule is CC(C)(C)c1ccc(C(=O)NCCC(=O)NCCC(=O)NCCC(=O)NCCC(=O)O)cc1. The van der Waals surface area contributed by atoms with E-state index in [0.29, 0.717) is 5.56 Å². The molecule has 10 nitrogen and oxygen atoms in total. The minimum absolute atomic E-state index is 0.00194. The average Bonchev–Trinajstić information content (AvgIpc) is 2.73. The first-order valence-electron chi connectivity index (χ1n) is 10.9. The Hall–Kier alpha value is -3.43. The van der Waals surface area contributed by atoms with E-state index >= 15 is 0 Å². The number of carboxylic acids is 1. The van der Waals surface area contributed by atoms with Crippen molar-refractivity contribution in [1.29, 1.82) is 0 Å². The number of aliphatic carboxylic acids is 1. The van der Waals surface area contributed by atoms with Gasteiger partial charge < -0.3 is 26.4 Å². The van der Waals surface area contributed by atoms with Crippen LogP contribution in [0.4, 0.5) is 0 Å². The van der Waals surface area contributed by atoms with Crippen LogP contribution >= 0.6 is 0 Å². The molecule has 0 aliphatic carbocycles. The number of hydrogen-bond donors (Lipinski definition) is 5. The normalized spacial score (nSPS) is 10.8. The zero-order chi connectivity index (χ0) is 24.9. The molecular weight excluding hydrogens is 428 g/mol. The smallest absolute Gasteiger partial charge is 0.305 e. The van der Waals surface area contributed by atoms with Gasteiger partial charge in [-0.05, 0) is 23.1 Å². The van der Waals surface area contributed by atoms with Gasteiger partial charge in [-0.2, -0.15) is 0 Å². The van der Waals surface area contributed by atoms with Gasteiger partial charge in [0.15, 0.2) is 0 Å². The lowest BCUT2D eigenvalue weighted by Gasteiger charge is -2.19. The molecule has 0 atom stereocenters. The van der Waals surface area contributed by atoms with E-state index in [0.717, 1.165) is 5.56 Å². The van der Waals surface area contributed by atoms with Gasteiger partial charge in [-0.1, -0.05) is 32.9 Å². The number of carbonyl (C=O) groups is 5. The average molecular weight is 463 g/mol. The minimum atomic E-state index is -1.00. The van der Waals surface area contributed by atoms with Crippen molar-refractivity contribution in [2.24, 2.45) is 0 Å². The van der Waals surface area contributed by atoms with Gasteiger partial charge in [-0.3, -0.25) is 24.0 Å². The molecule has 1 aromatic rings. The summed E-state index contributed by atoms with van der Waals surface area (Å²) in [6, 6.07) is 7.35. The summed E-state index contributed by atoms with van der Waals surface area (Å²) in [6.45, 7) is 6.75. The number of rotatable bonds is 13. The Labute approximate surface area is 193 Å². The lowest BCUT2D eigenvalue weighted by atomic mass is 9.87. The van der Waals surface area contributed by atoms with Crippen LogP contribution in [0, 0.1) is 0 Å². The topological polar surface area (TPSA) is 154 Å². The molecular formula is C23H34N4O6. The van der Waals surface area contributed by atoms with Crippen LogP contribution in [0.1, 0.15) is 62.4 Å². The molecule has 0 saturated heterocycles. The predicted octanol–water partition coefficient (Wildman–Crippen LogP) is 0.708. The molecule has 0 aliphatic rings. The summed E-state index contributed by atoms with van der Waals surface area (Å²) in [5, 5.41) is 18.8. The zero-order valence-corrected chi connectivity index (χ0v) is 19.5. The standard InChI is InChI=1S/C23H34N4O6/c1-23(2,3)17-6-4-16(5-7-17)22(33)27-14-10-20(30)25-12-8-18(28)24-13-9-19(29)26-15-11-21(31)32/h4-7H,8-15H2,1-3H3,(H,24,28)(H,25,30)(H,26,29)(H,27,33)(H,31,32). The fourth-order valence-corrected chi connectivity index (χ4v) is 2.72. The van der Waals surface area contributed by atoms with Crippen molar-refractivity contribution in [3.8, 4) is 0 Å². The van der Waals surface area contributed by atoms with Crippen LogP contribution in [-0.2, 0) is 24.6 Å². The van der Waals surface area contributed by atoms with E-state index in [1.165, 1.54) is 0 Å². The number of carboxylic acid groups (broad SMARTS) is 1. The van der Waals surface area contributed by atoms with Crippen molar-refractivity contribution in [1.82, 2.24) is 21.3 Å². The summed E-state index contributed by atoms with van der Waals surface area (Å²) in [4.78, 5) is 57.6. The predicted molar refractivity (Wildman–Crippen MR) is 123 cm³/mol. The van der Waals surface area contributed by atoms with Gasteiger partial charge in [-0.25, -0.2) is 0 Å². The van der Waals surface area contributed by atoms with Crippen molar-refractivity contribution in [3.63, 3.8) is 0 Å². The fraction of sp³-hybridized carbons (Fsp3) is 0.522. The zero-order valence-electron chi connectivity index (χ0n) is 19.5. The van der Waals surface area contributed by atoms with E-state index < -0.39 is 5.97 Å². The molecule has 33 heavy (non-hydrogen) atoms. The van der Waals surface area contributed by atoms with E-state index in [1.54, 1.807) is 12.1 Å². The molecule has 0 fully saturated rings. The molecule has 1 aromatic carbocycles. The number of hydrogen-bond acceptors (Lipinski definition) is 5. The molecule has 0 bridgehead atoms. The van der Waals surface area contributed by atoms with Gasteiger partial charge in [-0.15, -0.1) is 0 Å². The highest BCUT2D eigenvalue weighted by Gasteiger charge is 2.14. The van der Waals surface area contributed by atoms with E-state index in [-0.39, 0.29) is 80.9 Å². The highest BCUT2D eigenvalue weighted by molar-refractivity contribution is 5.94. The van der Waals surface area contributed by atoms with E-state index in [4.69, 9.17) is 5.11 Å². The van der Waals surface area contributed by atoms with Crippen LogP contribution in [0.5, 0.6) is 0 Å². The molecule has 0 spiro atoms. The molecule has 5 N–H and O–H groups in total. The van der Waals surface area contributed by atoms with Gasteiger partial charge in [0.25, 0.3) is 5.91 Å². The van der Waals surface area contributed by atoms with Gasteiger partial charge >= 0.3 is 5.97 Å². The molecule has 0 aromatic heterocycles. The second-order valence-corrected chi connectivity index (χ2v) is 8.53. The fourth-order valence-electron chi connectivity index (χ4n) is 2.72. The van der Waals surface area contributed by atoms with Crippen LogP contribution in [-0.4, -0.2) is 60.9 Å². The van der Waals surface area contributed by atoms with Crippen LogP contribution in [0.15, 0.2) is 24.3 Å². The molecule has 0 unspecified atom stereocenters. The number of benzene rings is 1. The minimum Gasteiger partial charge on any atom is -0.481 e. The first-order valence-corrected chi connectivity index (χ1v) is 10.9. The molecule has 0 aliphatic heterocycles. The summed E-state index contributed by atoms with van der Waals surface area (Å²) in [7, 11) is 0. The van der Waals surface area contributed by atoms with Crippen molar-refractivity contribution in [2.45, 2.75) is 51.9 Å². The largest absolute Gasteiger partial charge is 0.481 e. The van der Waals surface area contributed by atoms with Gasteiger partial charge in [0.05, 0.1) is 6.42 Å². The van der Waals surface area contributed by atoms with Gasteiger partial charge in [0.1, 0.15) is 0 Å². The molecule has 10 heteroatoms. The van der Waals surface area contributed by atoms with Crippen molar-refractivity contribution in [2.75, 3.05) is 26.2 Å². The summed E-state index contributed by atoms with van der Waals surface area (Å²) in [6.07, 6.45) is 0.0190. The summed E-state index contributed by atoms with van der Waals surface area (Å²) >= 11 is 0. The highest BCUT2D eigenvalue weighted by Crippen LogP contribution is 2.22. The third-order valence-electron chi connectivity index (χ3n) is 4.66. The third kappa shape index (κ3) is 12.3. The Morgan fingerprint density at radius 3 is 1.45 bits per heavy atom. The monoisotopic (exact) mass is 462 g/mol. The van der Waals surface area contributed by atoms with Gasteiger partial charge in [0, 0.05) is 51.0 Å². The maximum absolute atomic E-state index is 12.2. The second kappa shape index (κ2) is 13.9. The molecule has 0 radical (unpaired) electrons. The Bertz CT molecular complexity index is 830. The first-order chi connectivity index (χ1) is 15.5. The second-order valence-electron chi connectivity index (χ2n) is 8.53. The lowest BCUT2D eigenvalue weighted by molar-refractivity contribution is -0.137. The lowest BCUT2D eigenvalue weighted by Crippen LogP contribution is -2.35. The Balaban J connectivity index is 2.14. The Morgan fingerprint density at radius 1 is 0.667 bits per heavy atom.